The molecule has 0 spiro atoms. The Kier molecular flexibility index (Phi) is 6.15. The van der Waals surface area contributed by atoms with Crippen LogP contribution in [0.15, 0.2) is 24.3 Å². The molecule has 19 heavy (non-hydrogen) atoms. The monoisotopic (exact) mass is 264 g/mol. The van der Waals surface area contributed by atoms with Gasteiger partial charge in [-0.05, 0) is 33.2 Å². The number of anilines is 2. The van der Waals surface area contributed by atoms with Crippen molar-refractivity contribution in [2.24, 2.45) is 0 Å². The fourth-order valence-corrected chi connectivity index (χ4v) is 1.64. The second-order valence-electron chi connectivity index (χ2n) is 4.72. The molecular weight excluding hydrogens is 240 g/mol. The van der Waals surface area contributed by atoms with Crippen molar-refractivity contribution in [3.05, 3.63) is 24.3 Å². The molecule has 5 heteroatoms. The molecule has 1 aromatic carbocycles. The fraction of sp³-hybridized carbons (Fsp3) is 0.500. The molecule has 1 aromatic rings. The SMILES string of the molecule is CCN(C)c1ccccc1NC(=O)NCCN(C)C. The number of urea groups is 1. The van der Waals surface area contributed by atoms with Gasteiger partial charge >= 0.3 is 6.03 Å². The molecule has 0 radical (unpaired) electrons. The van der Waals surface area contributed by atoms with Crippen molar-refractivity contribution < 1.29 is 4.79 Å². The molecule has 2 N–H and O–H groups in total. The van der Waals surface area contributed by atoms with Gasteiger partial charge in [-0.3, -0.25) is 0 Å². The van der Waals surface area contributed by atoms with E-state index >= 15 is 0 Å². The largest absolute Gasteiger partial charge is 0.373 e. The first-order valence-electron chi connectivity index (χ1n) is 6.54. The number of hydrogen-bond donors (Lipinski definition) is 2. The molecule has 0 aliphatic rings. The van der Waals surface area contributed by atoms with Crippen LogP contribution in [0.5, 0.6) is 0 Å². The minimum absolute atomic E-state index is 0.168. The Morgan fingerprint density at radius 2 is 1.89 bits per heavy atom. The van der Waals surface area contributed by atoms with Gasteiger partial charge in [0.1, 0.15) is 0 Å². The van der Waals surface area contributed by atoms with E-state index in [1.807, 2.05) is 50.3 Å². The van der Waals surface area contributed by atoms with Gasteiger partial charge in [0.25, 0.3) is 0 Å². The van der Waals surface area contributed by atoms with Crippen LogP contribution in [-0.4, -0.2) is 51.7 Å². The lowest BCUT2D eigenvalue weighted by Crippen LogP contribution is -2.34. The third-order valence-corrected chi connectivity index (χ3v) is 2.88. The summed E-state index contributed by atoms with van der Waals surface area (Å²) in [4.78, 5) is 15.9. The molecule has 2 amide bonds. The maximum Gasteiger partial charge on any atom is 0.319 e. The van der Waals surface area contributed by atoms with Gasteiger partial charge in [-0.1, -0.05) is 12.1 Å². The number of likely N-dealkylation sites (N-methyl/N-ethyl adjacent to an activating group) is 1. The molecule has 0 aromatic heterocycles. The molecule has 0 aliphatic heterocycles. The van der Waals surface area contributed by atoms with Crippen molar-refractivity contribution in [1.29, 1.82) is 0 Å². The minimum Gasteiger partial charge on any atom is -0.373 e. The van der Waals surface area contributed by atoms with Crippen LogP contribution in [0.3, 0.4) is 0 Å². The average Bonchev–Trinajstić information content (AvgIpc) is 2.38. The molecule has 0 atom stereocenters. The standard InChI is InChI=1S/C14H24N4O/c1-5-18(4)13-9-7-6-8-12(13)16-14(19)15-10-11-17(2)3/h6-9H,5,10-11H2,1-4H3,(H2,15,16,19). The minimum atomic E-state index is -0.168. The first-order valence-corrected chi connectivity index (χ1v) is 6.54. The number of carbonyl (C=O) groups excluding carboxylic acids is 1. The van der Waals surface area contributed by atoms with E-state index < -0.39 is 0 Å². The van der Waals surface area contributed by atoms with Crippen molar-refractivity contribution >= 4 is 17.4 Å². The molecule has 0 aliphatic carbocycles. The van der Waals surface area contributed by atoms with Crippen molar-refractivity contribution in [1.82, 2.24) is 10.2 Å². The van der Waals surface area contributed by atoms with Crippen molar-refractivity contribution in [3.8, 4) is 0 Å². The Balaban J connectivity index is 2.59. The number of nitrogens with zero attached hydrogens (tertiary/aromatic N) is 2. The molecule has 0 saturated heterocycles. The number of rotatable bonds is 6. The second kappa shape index (κ2) is 7.63. The third-order valence-electron chi connectivity index (χ3n) is 2.88. The first-order chi connectivity index (χ1) is 9.04. The highest BCUT2D eigenvalue weighted by molar-refractivity contribution is 5.93. The molecule has 1 rings (SSSR count). The van der Waals surface area contributed by atoms with E-state index in [4.69, 9.17) is 0 Å². The molecule has 0 unspecified atom stereocenters. The van der Waals surface area contributed by atoms with Crippen LogP contribution in [0.4, 0.5) is 16.2 Å². The van der Waals surface area contributed by atoms with Gasteiger partial charge in [-0.2, -0.15) is 0 Å². The topological polar surface area (TPSA) is 47.6 Å². The third kappa shape index (κ3) is 5.18. The van der Waals surface area contributed by atoms with Crippen LogP contribution in [0.2, 0.25) is 0 Å². The summed E-state index contributed by atoms with van der Waals surface area (Å²) in [6.07, 6.45) is 0. The number of benzene rings is 1. The van der Waals surface area contributed by atoms with Crippen molar-refractivity contribution in [2.75, 3.05) is 51.0 Å². The predicted molar refractivity (Wildman–Crippen MR) is 81.0 cm³/mol. The Morgan fingerprint density at radius 3 is 2.53 bits per heavy atom. The summed E-state index contributed by atoms with van der Waals surface area (Å²) in [5.41, 5.74) is 1.85. The van der Waals surface area contributed by atoms with E-state index in [2.05, 4.69) is 22.5 Å². The maximum absolute atomic E-state index is 11.8. The highest BCUT2D eigenvalue weighted by Crippen LogP contribution is 2.23. The van der Waals surface area contributed by atoms with Crippen LogP contribution < -0.4 is 15.5 Å². The van der Waals surface area contributed by atoms with E-state index in [1.54, 1.807) is 0 Å². The van der Waals surface area contributed by atoms with Gasteiger partial charge < -0.3 is 20.4 Å². The van der Waals surface area contributed by atoms with E-state index in [1.165, 1.54) is 0 Å². The maximum atomic E-state index is 11.8. The Morgan fingerprint density at radius 1 is 1.21 bits per heavy atom. The zero-order chi connectivity index (χ0) is 14.3. The van der Waals surface area contributed by atoms with E-state index in [-0.39, 0.29) is 6.03 Å². The second-order valence-corrected chi connectivity index (χ2v) is 4.72. The highest BCUT2D eigenvalue weighted by atomic mass is 16.2. The summed E-state index contributed by atoms with van der Waals surface area (Å²) in [7, 11) is 5.96. The summed E-state index contributed by atoms with van der Waals surface area (Å²) in [5, 5.41) is 5.73. The lowest BCUT2D eigenvalue weighted by atomic mass is 10.2. The summed E-state index contributed by atoms with van der Waals surface area (Å²) in [6, 6.07) is 7.63. The first kappa shape index (κ1) is 15.3. The summed E-state index contributed by atoms with van der Waals surface area (Å²) in [6.45, 7) is 4.42. The number of nitrogens with one attached hydrogen (secondary N) is 2. The van der Waals surface area contributed by atoms with Gasteiger partial charge in [-0.15, -0.1) is 0 Å². The van der Waals surface area contributed by atoms with Gasteiger partial charge in [0.05, 0.1) is 11.4 Å². The van der Waals surface area contributed by atoms with E-state index in [0.29, 0.717) is 6.54 Å². The molecule has 5 nitrogen and oxygen atoms in total. The Labute approximate surface area is 115 Å². The molecule has 0 heterocycles. The number of amides is 2. The Hall–Kier alpha value is -1.75. The van der Waals surface area contributed by atoms with Crippen molar-refractivity contribution in [3.63, 3.8) is 0 Å². The smallest absolute Gasteiger partial charge is 0.319 e. The number of para-hydroxylation sites is 2. The lowest BCUT2D eigenvalue weighted by Gasteiger charge is -2.21. The van der Waals surface area contributed by atoms with Crippen LogP contribution in [0.25, 0.3) is 0 Å². The lowest BCUT2D eigenvalue weighted by molar-refractivity contribution is 0.250. The van der Waals surface area contributed by atoms with Gasteiger partial charge in [0.15, 0.2) is 0 Å². The van der Waals surface area contributed by atoms with Crippen LogP contribution in [-0.2, 0) is 0 Å². The van der Waals surface area contributed by atoms with Gasteiger partial charge in [-0.25, -0.2) is 4.79 Å². The van der Waals surface area contributed by atoms with Gasteiger partial charge in [0, 0.05) is 26.7 Å². The van der Waals surface area contributed by atoms with Gasteiger partial charge in [0.2, 0.25) is 0 Å². The zero-order valence-corrected chi connectivity index (χ0v) is 12.2. The molecule has 0 bridgehead atoms. The molecule has 106 valence electrons. The number of hydrogen-bond acceptors (Lipinski definition) is 3. The average molecular weight is 264 g/mol. The van der Waals surface area contributed by atoms with E-state index in [9.17, 15) is 4.79 Å². The molecule has 0 fully saturated rings. The normalized spacial score (nSPS) is 10.4. The van der Waals surface area contributed by atoms with Crippen LogP contribution in [0, 0.1) is 0 Å². The summed E-state index contributed by atoms with van der Waals surface area (Å²) >= 11 is 0. The Bertz CT molecular complexity index is 406. The fourth-order valence-electron chi connectivity index (χ4n) is 1.64. The number of carbonyl (C=O) groups is 1. The van der Waals surface area contributed by atoms with Crippen LogP contribution in [0.1, 0.15) is 6.92 Å². The summed E-state index contributed by atoms with van der Waals surface area (Å²) in [5.74, 6) is 0. The molecule has 0 saturated carbocycles. The van der Waals surface area contributed by atoms with E-state index in [0.717, 1.165) is 24.5 Å². The van der Waals surface area contributed by atoms with Crippen LogP contribution >= 0.6 is 0 Å². The predicted octanol–water partition coefficient (Wildman–Crippen LogP) is 1.83. The summed E-state index contributed by atoms with van der Waals surface area (Å²) < 4.78 is 0. The highest BCUT2D eigenvalue weighted by Gasteiger charge is 2.08. The quantitative estimate of drug-likeness (QED) is 0.824. The van der Waals surface area contributed by atoms with Crippen molar-refractivity contribution in [2.45, 2.75) is 6.92 Å². The zero-order valence-electron chi connectivity index (χ0n) is 12.2. The molecular formula is C14H24N4O.